The molecule has 2 aromatic carbocycles. The Hall–Kier alpha value is -2.37. The summed E-state index contributed by atoms with van der Waals surface area (Å²) in [6, 6.07) is 19.0. The Morgan fingerprint density at radius 3 is 2.40 bits per heavy atom. The van der Waals surface area contributed by atoms with Crippen molar-refractivity contribution in [1.82, 2.24) is 4.90 Å². The third-order valence-electron chi connectivity index (χ3n) is 6.38. The molecule has 1 spiro atoms. The zero-order valence-corrected chi connectivity index (χ0v) is 17.6. The van der Waals surface area contributed by atoms with Crippen molar-refractivity contribution >= 4 is 6.47 Å². The number of benzene rings is 2. The summed E-state index contributed by atoms with van der Waals surface area (Å²) in [6.45, 7) is 3.61. The maximum atomic E-state index is 10.4. The van der Waals surface area contributed by atoms with Crippen molar-refractivity contribution in [2.75, 3.05) is 19.7 Å². The van der Waals surface area contributed by atoms with Crippen molar-refractivity contribution < 1.29 is 19.7 Å². The van der Waals surface area contributed by atoms with E-state index in [0.717, 1.165) is 38.2 Å². The fourth-order valence-corrected chi connectivity index (χ4v) is 4.87. The number of aliphatic hydroxyl groups excluding tert-OH is 1. The van der Waals surface area contributed by atoms with E-state index in [1.165, 1.54) is 36.8 Å². The summed E-state index contributed by atoms with van der Waals surface area (Å²) in [6.07, 6.45) is 6.60. The number of hydrogen-bond donors (Lipinski definition) is 2. The molecule has 162 valence electrons. The van der Waals surface area contributed by atoms with Gasteiger partial charge in [0.05, 0.1) is 12.7 Å². The molecule has 2 fully saturated rings. The molecule has 5 nitrogen and oxygen atoms in total. The lowest BCUT2D eigenvalue weighted by molar-refractivity contribution is -0.122. The molecule has 0 radical (unpaired) electrons. The molecule has 1 heterocycles. The quantitative estimate of drug-likeness (QED) is 0.700. The summed E-state index contributed by atoms with van der Waals surface area (Å²) in [7, 11) is 0. The average Bonchev–Trinajstić information content (AvgIpc) is 3.10. The zero-order chi connectivity index (χ0) is 21.2. The van der Waals surface area contributed by atoms with Crippen molar-refractivity contribution in [3.8, 4) is 5.75 Å². The topological polar surface area (TPSA) is 70.0 Å². The summed E-state index contributed by atoms with van der Waals surface area (Å²) < 4.78 is 5.90. The lowest BCUT2D eigenvalue weighted by atomic mass is 9.76. The van der Waals surface area contributed by atoms with Crippen LogP contribution in [0.5, 0.6) is 5.75 Å². The maximum absolute atomic E-state index is 10.4. The average molecular weight is 412 g/mol. The second kappa shape index (κ2) is 11.1. The van der Waals surface area contributed by atoms with Gasteiger partial charge in [-0.1, -0.05) is 48.9 Å². The summed E-state index contributed by atoms with van der Waals surface area (Å²) in [4.78, 5) is 10.9. The molecule has 5 heteroatoms. The maximum Gasteiger partial charge on any atom is 0.290 e. The molecule has 1 aliphatic heterocycles. The van der Waals surface area contributed by atoms with E-state index in [2.05, 4.69) is 53.4 Å². The fraction of sp³-hybridized carbons (Fsp3) is 0.480. The van der Waals surface area contributed by atoms with Crippen LogP contribution >= 0.6 is 0 Å². The van der Waals surface area contributed by atoms with Gasteiger partial charge in [0, 0.05) is 24.9 Å². The molecule has 30 heavy (non-hydrogen) atoms. The van der Waals surface area contributed by atoms with Crippen molar-refractivity contribution in [1.29, 1.82) is 0 Å². The molecule has 1 saturated carbocycles. The monoisotopic (exact) mass is 411 g/mol. The standard InChI is InChI=1S/C24H31NO2.CH2O2/c26-23-8-4-14-24(23)15-5-16-25(19-24)18-21-9-11-22(12-10-21)27-17-13-20-6-2-1-3-7-20;2-1-3/h1-3,6-7,9-12,23,26H,4-5,8,13-19H2;1H,(H,2,3)/t23-,24-;/m1./s1. The van der Waals surface area contributed by atoms with Gasteiger partial charge in [-0.25, -0.2) is 0 Å². The SMILES string of the molecule is O=CO.O[C@@H]1CCC[C@]12CCCN(Cc1ccc(OCCc3ccccc3)cc1)C2. The van der Waals surface area contributed by atoms with Gasteiger partial charge < -0.3 is 14.9 Å². The Balaban J connectivity index is 0.000000806. The van der Waals surface area contributed by atoms with Crippen LogP contribution in [0, 0.1) is 5.41 Å². The van der Waals surface area contributed by atoms with Crippen LogP contribution in [0.4, 0.5) is 0 Å². The summed E-state index contributed by atoms with van der Waals surface area (Å²) in [5.41, 5.74) is 2.80. The van der Waals surface area contributed by atoms with Crippen LogP contribution in [0.25, 0.3) is 0 Å². The van der Waals surface area contributed by atoms with Crippen LogP contribution in [0.3, 0.4) is 0 Å². The highest BCUT2D eigenvalue weighted by Gasteiger charge is 2.44. The van der Waals surface area contributed by atoms with E-state index in [4.69, 9.17) is 14.6 Å². The minimum atomic E-state index is -0.250. The number of nitrogens with zero attached hydrogens (tertiary/aromatic N) is 1. The van der Waals surface area contributed by atoms with Crippen LogP contribution in [-0.4, -0.2) is 47.4 Å². The molecule has 0 unspecified atom stereocenters. The highest BCUT2D eigenvalue weighted by molar-refractivity contribution is 5.32. The van der Waals surface area contributed by atoms with Gasteiger partial charge in [-0.3, -0.25) is 9.69 Å². The van der Waals surface area contributed by atoms with Crippen LogP contribution in [0.2, 0.25) is 0 Å². The second-order valence-corrected chi connectivity index (χ2v) is 8.42. The first kappa shape index (κ1) is 22.3. The summed E-state index contributed by atoms with van der Waals surface area (Å²) in [5, 5.41) is 17.3. The van der Waals surface area contributed by atoms with Crippen molar-refractivity contribution in [3.63, 3.8) is 0 Å². The number of piperidine rings is 1. The Labute approximate surface area is 179 Å². The van der Waals surface area contributed by atoms with E-state index < -0.39 is 0 Å². The van der Waals surface area contributed by atoms with E-state index in [0.29, 0.717) is 6.61 Å². The molecule has 0 bridgehead atoms. The first-order valence-electron chi connectivity index (χ1n) is 10.9. The number of likely N-dealkylation sites (tertiary alicyclic amines) is 1. The Morgan fingerprint density at radius 2 is 1.73 bits per heavy atom. The second-order valence-electron chi connectivity index (χ2n) is 8.42. The van der Waals surface area contributed by atoms with Gasteiger partial charge in [-0.2, -0.15) is 0 Å². The van der Waals surface area contributed by atoms with E-state index in [-0.39, 0.29) is 18.0 Å². The lowest BCUT2D eigenvalue weighted by Gasteiger charge is -2.42. The Kier molecular flexibility index (Phi) is 8.29. The predicted molar refractivity (Wildman–Crippen MR) is 118 cm³/mol. The first-order valence-corrected chi connectivity index (χ1v) is 10.9. The van der Waals surface area contributed by atoms with Gasteiger partial charge in [0.1, 0.15) is 5.75 Å². The third-order valence-corrected chi connectivity index (χ3v) is 6.38. The van der Waals surface area contributed by atoms with Crippen molar-refractivity contribution in [2.24, 2.45) is 5.41 Å². The molecular formula is C25H33NO4. The van der Waals surface area contributed by atoms with Gasteiger partial charge in [0.25, 0.3) is 6.47 Å². The van der Waals surface area contributed by atoms with E-state index in [9.17, 15) is 5.11 Å². The molecule has 1 aliphatic carbocycles. The number of aliphatic hydroxyl groups is 1. The van der Waals surface area contributed by atoms with Crippen molar-refractivity contribution in [2.45, 2.75) is 51.2 Å². The van der Waals surface area contributed by atoms with Gasteiger partial charge in [-0.05, 0) is 55.5 Å². The van der Waals surface area contributed by atoms with Crippen LogP contribution in [0.15, 0.2) is 54.6 Å². The number of hydrogen-bond acceptors (Lipinski definition) is 4. The third kappa shape index (κ3) is 6.07. The molecule has 1 saturated heterocycles. The summed E-state index contributed by atoms with van der Waals surface area (Å²) in [5.74, 6) is 0.941. The van der Waals surface area contributed by atoms with Crippen LogP contribution in [-0.2, 0) is 17.8 Å². The first-order chi connectivity index (χ1) is 14.6. The van der Waals surface area contributed by atoms with Gasteiger partial charge in [0.15, 0.2) is 0 Å². The molecular weight excluding hydrogens is 378 g/mol. The smallest absolute Gasteiger partial charge is 0.290 e. The largest absolute Gasteiger partial charge is 0.493 e. The number of rotatable bonds is 6. The van der Waals surface area contributed by atoms with Gasteiger partial charge in [-0.15, -0.1) is 0 Å². The normalized spacial score (nSPS) is 23.6. The van der Waals surface area contributed by atoms with Gasteiger partial charge in [0.2, 0.25) is 0 Å². The molecule has 0 amide bonds. The molecule has 4 rings (SSSR count). The molecule has 2 aromatic rings. The number of ether oxygens (including phenoxy) is 1. The minimum absolute atomic E-state index is 0.0966. The molecule has 0 aromatic heterocycles. The number of carbonyl (C=O) groups is 1. The van der Waals surface area contributed by atoms with E-state index in [1.54, 1.807) is 0 Å². The Bertz CT molecular complexity index is 764. The molecule has 2 atom stereocenters. The fourth-order valence-electron chi connectivity index (χ4n) is 4.87. The van der Waals surface area contributed by atoms with Crippen LogP contribution in [0.1, 0.15) is 43.2 Å². The zero-order valence-electron chi connectivity index (χ0n) is 17.6. The van der Waals surface area contributed by atoms with Crippen LogP contribution < -0.4 is 4.74 Å². The lowest BCUT2D eigenvalue weighted by Crippen LogP contribution is -2.46. The highest BCUT2D eigenvalue weighted by atomic mass is 16.5. The predicted octanol–water partition coefficient (Wildman–Crippen LogP) is 4.14. The Morgan fingerprint density at radius 1 is 1.03 bits per heavy atom. The van der Waals surface area contributed by atoms with E-state index >= 15 is 0 Å². The van der Waals surface area contributed by atoms with Crippen molar-refractivity contribution in [3.05, 3.63) is 65.7 Å². The van der Waals surface area contributed by atoms with Gasteiger partial charge >= 0.3 is 0 Å². The number of carboxylic acid groups (broad SMARTS) is 1. The minimum Gasteiger partial charge on any atom is -0.493 e. The summed E-state index contributed by atoms with van der Waals surface area (Å²) >= 11 is 0. The van der Waals surface area contributed by atoms with E-state index in [1.807, 2.05) is 6.07 Å². The molecule has 2 aliphatic rings. The molecule has 2 N–H and O–H groups in total. The highest BCUT2D eigenvalue weighted by Crippen LogP contribution is 2.45.